The first-order valence-corrected chi connectivity index (χ1v) is 12.3. The lowest BCUT2D eigenvalue weighted by atomic mass is 9.94. The molecule has 2 aromatic rings. The van der Waals surface area contributed by atoms with Crippen LogP contribution in [0, 0.1) is 10.1 Å². The Balaban J connectivity index is 1.86. The highest BCUT2D eigenvalue weighted by Gasteiger charge is 2.19. The average Bonchev–Trinajstić information content (AvgIpc) is 2.82. The molecule has 6 heteroatoms. The lowest BCUT2D eigenvalue weighted by molar-refractivity contribution is -0.384. The molecule has 1 unspecified atom stereocenters. The normalized spacial score (nSPS) is 12.5. The van der Waals surface area contributed by atoms with Crippen molar-refractivity contribution in [3.8, 4) is 0 Å². The van der Waals surface area contributed by atoms with Gasteiger partial charge in [0.05, 0.1) is 11.0 Å². The smallest absolute Gasteiger partial charge is 0.269 e. The van der Waals surface area contributed by atoms with E-state index in [-0.39, 0.29) is 11.2 Å². The SMILES string of the molecule is CCCCN(CCCC)c1ccc(CCC(C)(C)NCC(O)c2ccc([N+](=O)[O-])cc2)cc1. The van der Waals surface area contributed by atoms with Gasteiger partial charge >= 0.3 is 0 Å². The molecular formula is C27H41N3O3. The molecule has 6 nitrogen and oxygen atoms in total. The van der Waals surface area contributed by atoms with Crippen molar-refractivity contribution < 1.29 is 10.0 Å². The van der Waals surface area contributed by atoms with Crippen molar-refractivity contribution >= 4 is 11.4 Å². The molecule has 33 heavy (non-hydrogen) atoms. The Kier molecular flexibility index (Phi) is 10.8. The molecule has 0 aliphatic carbocycles. The summed E-state index contributed by atoms with van der Waals surface area (Å²) in [7, 11) is 0. The van der Waals surface area contributed by atoms with Crippen LogP contribution in [0.5, 0.6) is 0 Å². The maximum atomic E-state index is 10.8. The number of non-ortho nitro benzene ring substituents is 1. The van der Waals surface area contributed by atoms with Crippen LogP contribution in [0.2, 0.25) is 0 Å². The van der Waals surface area contributed by atoms with Gasteiger partial charge in [-0.3, -0.25) is 10.1 Å². The van der Waals surface area contributed by atoms with E-state index in [4.69, 9.17) is 0 Å². The number of unbranched alkanes of at least 4 members (excludes halogenated alkanes) is 2. The summed E-state index contributed by atoms with van der Waals surface area (Å²) in [5, 5.41) is 24.7. The molecule has 2 aromatic carbocycles. The summed E-state index contributed by atoms with van der Waals surface area (Å²) >= 11 is 0. The molecule has 0 aliphatic heterocycles. The Labute approximate surface area is 199 Å². The Hall–Kier alpha value is -2.44. The van der Waals surface area contributed by atoms with Crippen LogP contribution in [0.15, 0.2) is 48.5 Å². The van der Waals surface area contributed by atoms with Gasteiger partial charge in [0.25, 0.3) is 5.69 Å². The summed E-state index contributed by atoms with van der Waals surface area (Å²) in [5.74, 6) is 0. The fourth-order valence-electron chi connectivity index (χ4n) is 3.80. The second kappa shape index (κ2) is 13.3. The van der Waals surface area contributed by atoms with Gasteiger partial charge < -0.3 is 15.3 Å². The van der Waals surface area contributed by atoms with Crippen molar-refractivity contribution in [2.24, 2.45) is 0 Å². The molecule has 0 aliphatic rings. The molecule has 0 saturated carbocycles. The number of nitrogens with zero attached hydrogens (tertiary/aromatic N) is 2. The van der Waals surface area contributed by atoms with Gasteiger partial charge in [-0.2, -0.15) is 0 Å². The van der Waals surface area contributed by atoms with Crippen molar-refractivity contribution in [2.75, 3.05) is 24.5 Å². The summed E-state index contributed by atoms with van der Waals surface area (Å²) in [6.07, 6.45) is 6.05. The lowest BCUT2D eigenvalue weighted by Gasteiger charge is -2.28. The van der Waals surface area contributed by atoms with E-state index in [9.17, 15) is 15.2 Å². The third kappa shape index (κ3) is 9.14. The molecule has 0 saturated heterocycles. The predicted molar refractivity (Wildman–Crippen MR) is 137 cm³/mol. The molecule has 2 N–H and O–H groups in total. The topological polar surface area (TPSA) is 78.6 Å². The fourth-order valence-corrected chi connectivity index (χ4v) is 3.80. The number of anilines is 1. The number of aliphatic hydroxyl groups excluding tert-OH is 1. The summed E-state index contributed by atoms with van der Waals surface area (Å²) in [5.41, 5.74) is 3.19. The van der Waals surface area contributed by atoms with Crippen molar-refractivity contribution in [1.29, 1.82) is 0 Å². The molecular weight excluding hydrogens is 414 g/mol. The van der Waals surface area contributed by atoms with E-state index in [1.807, 2.05) is 0 Å². The average molecular weight is 456 g/mol. The number of β-amino-alcohol motifs (C(OH)–C–C–N with tert-alkyl or cyclic N) is 1. The number of hydrogen-bond donors (Lipinski definition) is 2. The Morgan fingerprint density at radius 1 is 1.00 bits per heavy atom. The monoisotopic (exact) mass is 455 g/mol. The first-order valence-electron chi connectivity index (χ1n) is 12.3. The van der Waals surface area contributed by atoms with Crippen LogP contribution in [0.4, 0.5) is 11.4 Å². The number of nitro groups is 1. The molecule has 1 atom stereocenters. The van der Waals surface area contributed by atoms with Crippen LogP contribution in [-0.4, -0.2) is 35.2 Å². The molecule has 0 fully saturated rings. The van der Waals surface area contributed by atoms with Gasteiger partial charge in [0.2, 0.25) is 0 Å². The minimum absolute atomic E-state index is 0.0316. The van der Waals surface area contributed by atoms with Crippen molar-refractivity contribution in [3.05, 3.63) is 69.8 Å². The molecule has 0 aromatic heterocycles. The second-order valence-electron chi connectivity index (χ2n) is 9.49. The minimum Gasteiger partial charge on any atom is -0.387 e. The molecule has 182 valence electrons. The highest BCUT2D eigenvalue weighted by Crippen LogP contribution is 2.21. The number of aryl methyl sites for hydroxylation is 1. The van der Waals surface area contributed by atoms with Gasteiger partial charge in [0.1, 0.15) is 0 Å². The van der Waals surface area contributed by atoms with Gasteiger partial charge in [-0.15, -0.1) is 0 Å². The zero-order valence-corrected chi connectivity index (χ0v) is 20.7. The molecule has 2 rings (SSSR count). The number of hydrogen-bond acceptors (Lipinski definition) is 5. The van der Waals surface area contributed by atoms with Crippen LogP contribution in [0.1, 0.15) is 77.0 Å². The summed E-state index contributed by atoms with van der Waals surface area (Å²) in [6, 6.07) is 15.1. The number of nitrogens with one attached hydrogen (secondary N) is 1. The van der Waals surface area contributed by atoms with Gasteiger partial charge in [0.15, 0.2) is 0 Å². The number of benzene rings is 2. The third-order valence-corrected chi connectivity index (χ3v) is 6.17. The Morgan fingerprint density at radius 2 is 1.58 bits per heavy atom. The van der Waals surface area contributed by atoms with Crippen LogP contribution >= 0.6 is 0 Å². The van der Waals surface area contributed by atoms with Crippen molar-refractivity contribution in [3.63, 3.8) is 0 Å². The number of rotatable bonds is 15. The molecule has 0 bridgehead atoms. The quantitative estimate of drug-likeness (QED) is 0.253. The van der Waals surface area contributed by atoms with E-state index in [1.54, 1.807) is 12.1 Å². The van der Waals surface area contributed by atoms with Gasteiger partial charge in [-0.05, 0) is 74.9 Å². The lowest BCUT2D eigenvalue weighted by Crippen LogP contribution is -2.42. The summed E-state index contributed by atoms with van der Waals surface area (Å²) in [6.45, 7) is 11.4. The molecule has 0 spiro atoms. The van der Waals surface area contributed by atoms with Crippen LogP contribution in [0.25, 0.3) is 0 Å². The molecule has 0 amide bonds. The summed E-state index contributed by atoms with van der Waals surface area (Å²) < 4.78 is 0. The third-order valence-electron chi connectivity index (χ3n) is 6.17. The highest BCUT2D eigenvalue weighted by molar-refractivity contribution is 5.47. The van der Waals surface area contributed by atoms with Gasteiger partial charge in [-0.25, -0.2) is 0 Å². The van der Waals surface area contributed by atoms with Crippen molar-refractivity contribution in [1.82, 2.24) is 5.32 Å². The minimum atomic E-state index is -0.707. The Morgan fingerprint density at radius 3 is 2.09 bits per heavy atom. The predicted octanol–water partition coefficient (Wildman–Crippen LogP) is 6.04. The first kappa shape index (κ1) is 26.8. The highest BCUT2D eigenvalue weighted by atomic mass is 16.6. The van der Waals surface area contributed by atoms with Crippen LogP contribution < -0.4 is 10.2 Å². The van der Waals surface area contributed by atoms with E-state index < -0.39 is 11.0 Å². The Bertz CT molecular complexity index is 827. The van der Waals surface area contributed by atoms with E-state index in [0.717, 1.165) is 25.9 Å². The zero-order chi connectivity index (χ0) is 24.3. The molecule has 0 radical (unpaired) electrons. The first-order chi connectivity index (χ1) is 15.8. The van der Waals surface area contributed by atoms with E-state index in [2.05, 4.69) is 62.2 Å². The number of aliphatic hydroxyl groups is 1. The van der Waals surface area contributed by atoms with Gasteiger partial charge in [0, 0.05) is 43.0 Å². The van der Waals surface area contributed by atoms with E-state index in [1.165, 1.54) is 49.1 Å². The molecule has 0 heterocycles. The van der Waals surface area contributed by atoms with Crippen LogP contribution in [0.3, 0.4) is 0 Å². The maximum Gasteiger partial charge on any atom is 0.269 e. The van der Waals surface area contributed by atoms with Gasteiger partial charge in [-0.1, -0.05) is 38.8 Å². The number of nitro benzene ring substituents is 1. The fraction of sp³-hybridized carbons (Fsp3) is 0.556. The standard InChI is InChI=1S/C27H41N3O3/c1-5-7-19-29(20-8-6-2)24-13-9-22(10-14-24)17-18-27(3,4)28-21-26(31)23-11-15-25(16-12-23)30(32)33/h9-16,26,28,31H,5-8,17-21H2,1-4H3. The zero-order valence-electron chi connectivity index (χ0n) is 20.7. The maximum absolute atomic E-state index is 10.8. The summed E-state index contributed by atoms with van der Waals surface area (Å²) in [4.78, 5) is 12.9. The van der Waals surface area contributed by atoms with Crippen LogP contribution in [-0.2, 0) is 6.42 Å². The largest absolute Gasteiger partial charge is 0.387 e. The second-order valence-corrected chi connectivity index (χ2v) is 9.49. The van der Waals surface area contributed by atoms with E-state index >= 15 is 0 Å². The van der Waals surface area contributed by atoms with Crippen molar-refractivity contribution in [2.45, 2.75) is 77.9 Å². The van der Waals surface area contributed by atoms with E-state index in [0.29, 0.717) is 12.1 Å².